The minimum atomic E-state index is -3.11. The summed E-state index contributed by atoms with van der Waals surface area (Å²) in [4.78, 5) is 0. The maximum absolute atomic E-state index is 7.41. The predicted octanol–water partition coefficient (Wildman–Crippen LogP) is 29.9. The number of fused-ring (bicyclic) bond motifs is 21. The Morgan fingerprint density at radius 2 is 0.284 bits per heavy atom. The van der Waals surface area contributed by atoms with Crippen LogP contribution in [0, 0.1) is 0 Å². The third-order valence-corrected chi connectivity index (χ3v) is 39.0. The van der Waals surface area contributed by atoms with Gasteiger partial charge in [0.1, 0.15) is 0 Å². The maximum atomic E-state index is 7.41. The van der Waals surface area contributed by atoms with Gasteiger partial charge < -0.3 is 27.1 Å². The molecule has 0 saturated heterocycles. The number of hydrogen-bond donors (Lipinski definition) is 6. The molecule has 0 radical (unpaired) electrons. The fraction of sp³-hybridized carbons (Fsp3) is 1.00. The summed E-state index contributed by atoms with van der Waals surface area (Å²) < 4.78 is 79.9. The molecule has 0 fully saturated rings. The standard InChI is InChI=1S/C78H168N12O6P6/c1-7-13-19-25-31-37-49-61-73-91-97-79-67-55-43-44-58-70-82-100(94-76-64-52-40-34-28-22-16-10-4)88-101(95-77-65-53-41-35-29-23-17-11-5)83-71-59-47-45-56-68-80-98(85-97,92-74-62-50-38-32-26-20-14-8-2)87-99(86-97,93-75-63-51-39-33-27-21-15-9-3)81-69-57-46-48-60-72-84-102(89-100,90-101)96-78-66-54-42-36-30-24-18-12-6/h79-84H,7-78H2,1-6H3. The molecule has 0 amide bonds. The van der Waals surface area contributed by atoms with Gasteiger partial charge in [-0.2, -0.15) is 27.1 Å². The molecule has 0 atom stereocenters. The van der Waals surface area contributed by atoms with Gasteiger partial charge in [-0.05, 0) is 77.0 Å². The molecule has 0 aliphatic carbocycles. The molecule has 6 bridgehead atoms. The molecule has 18 nitrogen and oxygen atoms in total. The molecule has 5 aliphatic heterocycles. The summed E-state index contributed by atoms with van der Waals surface area (Å²) in [6, 6.07) is 0. The molecule has 0 aromatic carbocycles. The molecule has 5 heterocycles. The molecule has 0 spiro atoms. The zero-order chi connectivity index (χ0) is 72.6. The first kappa shape index (κ1) is 95.3. The van der Waals surface area contributed by atoms with Crippen LogP contribution in [-0.2, 0) is 27.1 Å². The Kier molecular flexibility index (Phi) is 60.2. The molecule has 0 saturated carbocycles. The number of rotatable bonds is 60. The second-order valence-corrected chi connectivity index (χ2v) is 44.6. The van der Waals surface area contributed by atoms with Gasteiger partial charge in [0.15, 0.2) is 0 Å². The van der Waals surface area contributed by atoms with Crippen LogP contribution in [0.15, 0.2) is 27.1 Å². The molecule has 0 aromatic rings. The van der Waals surface area contributed by atoms with E-state index in [9.17, 15) is 0 Å². The molecule has 0 aromatic heterocycles. The average Bonchev–Trinajstić information content (AvgIpc) is 0.756. The van der Waals surface area contributed by atoms with E-state index in [2.05, 4.69) is 72.1 Å². The normalized spacial score (nSPS) is 25.1. The number of nitrogens with one attached hydrogen (secondary N) is 6. The van der Waals surface area contributed by atoms with Gasteiger partial charge in [0.25, 0.3) is 45.5 Å². The van der Waals surface area contributed by atoms with Gasteiger partial charge in [-0.25, -0.2) is 30.5 Å². The fourth-order valence-corrected chi connectivity index (χ4v) is 35.5. The smallest absolute Gasteiger partial charge is 0.281 e. The highest BCUT2D eigenvalue weighted by atomic mass is 31.3. The molecular weight excluding hydrogens is 1390 g/mol. The minimum Gasteiger partial charge on any atom is -0.316 e. The Labute approximate surface area is 632 Å². The van der Waals surface area contributed by atoms with Crippen LogP contribution < -0.4 is 30.5 Å². The zero-order valence-electron chi connectivity index (χ0n) is 67.7. The fourth-order valence-electron chi connectivity index (χ4n) is 13.8. The second kappa shape index (κ2) is 64.4. The quantitative estimate of drug-likeness (QED) is 0.0249. The van der Waals surface area contributed by atoms with Gasteiger partial charge in [-0.3, -0.25) is 0 Å². The van der Waals surface area contributed by atoms with Crippen molar-refractivity contribution in [2.24, 2.45) is 27.1 Å². The van der Waals surface area contributed by atoms with Crippen molar-refractivity contribution in [3.8, 4) is 0 Å². The van der Waals surface area contributed by atoms with Gasteiger partial charge in [0.2, 0.25) is 0 Å². The zero-order valence-corrected chi connectivity index (χ0v) is 73.1. The lowest BCUT2D eigenvalue weighted by atomic mass is 10.1. The highest BCUT2D eigenvalue weighted by molar-refractivity contribution is 7.81. The van der Waals surface area contributed by atoms with Crippen LogP contribution >= 0.6 is 45.5 Å². The van der Waals surface area contributed by atoms with Crippen LogP contribution in [0.3, 0.4) is 0 Å². The number of nitrogens with zero attached hydrogens (tertiary/aromatic N) is 6. The predicted molar refractivity (Wildman–Crippen MR) is 451 cm³/mol. The first-order valence-corrected chi connectivity index (χ1v) is 54.1. The largest absolute Gasteiger partial charge is 0.316 e. The van der Waals surface area contributed by atoms with Crippen LogP contribution in [-0.4, -0.2) is 78.9 Å². The molecule has 0 unspecified atom stereocenters. The van der Waals surface area contributed by atoms with E-state index in [1.54, 1.807) is 0 Å². The highest BCUT2D eigenvalue weighted by Gasteiger charge is 2.42. The summed E-state index contributed by atoms with van der Waals surface area (Å²) in [7, 11) is -18.7. The third-order valence-electron chi connectivity index (χ3n) is 20.3. The molecular formula is C78H168N12O6P6. The Balaban J connectivity index is 1.85. The summed E-state index contributed by atoms with van der Waals surface area (Å²) in [5, 5.41) is 24.5. The van der Waals surface area contributed by atoms with Crippen molar-refractivity contribution in [1.82, 2.24) is 30.5 Å². The molecule has 5 aliphatic rings. The van der Waals surface area contributed by atoms with Crippen molar-refractivity contribution < 1.29 is 27.1 Å². The second-order valence-electron chi connectivity index (χ2n) is 30.3. The van der Waals surface area contributed by atoms with E-state index >= 15 is 0 Å². The van der Waals surface area contributed by atoms with E-state index in [4.69, 9.17) is 54.2 Å². The summed E-state index contributed by atoms with van der Waals surface area (Å²) >= 11 is 0. The Morgan fingerprint density at radius 3 is 0.412 bits per heavy atom. The topological polar surface area (TPSA) is 202 Å². The minimum absolute atomic E-state index is 0.601. The molecule has 5 rings (SSSR count). The van der Waals surface area contributed by atoms with Gasteiger partial charge in [0, 0.05) is 39.3 Å². The maximum Gasteiger partial charge on any atom is 0.281 e. The number of hydrogen-bond acceptors (Lipinski definition) is 18. The molecule has 606 valence electrons. The van der Waals surface area contributed by atoms with E-state index in [0.29, 0.717) is 39.6 Å². The van der Waals surface area contributed by atoms with Crippen molar-refractivity contribution in [3.63, 3.8) is 0 Å². The molecule has 6 N–H and O–H groups in total. The van der Waals surface area contributed by atoms with Gasteiger partial charge in [0.05, 0.1) is 39.6 Å². The third kappa shape index (κ3) is 46.0. The van der Waals surface area contributed by atoms with E-state index in [-0.39, 0.29) is 0 Å². The van der Waals surface area contributed by atoms with Crippen LogP contribution in [0.25, 0.3) is 0 Å². The van der Waals surface area contributed by atoms with Crippen LogP contribution in [0.4, 0.5) is 0 Å². The van der Waals surface area contributed by atoms with E-state index in [1.165, 1.54) is 231 Å². The van der Waals surface area contributed by atoms with Crippen molar-refractivity contribution in [2.75, 3.05) is 78.9 Å². The lowest BCUT2D eigenvalue weighted by molar-refractivity contribution is 0.307. The highest BCUT2D eigenvalue weighted by Crippen LogP contribution is 2.77. The van der Waals surface area contributed by atoms with Crippen molar-refractivity contribution in [3.05, 3.63) is 0 Å². The summed E-state index contributed by atoms with van der Waals surface area (Å²) in [6.07, 6.45) is 71.3. The lowest BCUT2D eigenvalue weighted by Gasteiger charge is -2.36. The first-order valence-electron chi connectivity index (χ1n) is 44.4. The molecule has 24 heteroatoms. The lowest BCUT2D eigenvalue weighted by Crippen LogP contribution is -2.23. The summed E-state index contributed by atoms with van der Waals surface area (Å²) in [5.74, 6) is 0. The van der Waals surface area contributed by atoms with Crippen molar-refractivity contribution in [1.29, 1.82) is 0 Å². The van der Waals surface area contributed by atoms with Gasteiger partial charge in [-0.1, -0.05) is 350 Å². The van der Waals surface area contributed by atoms with Gasteiger partial charge in [-0.15, -0.1) is 0 Å². The Hall–Kier alpha value is 0.900. The van der Waals surface area contributed by atoms with E-state index in [1.807, 2.05) is 0 Å². The average molecular weight is 1560 g/mol. The van der Waals surface area contributed by atoms with Crippen molar-refractivity contribution >= 4 is 45.5 Å². The Morgan fingerprint density at radius 1 is 0.167 bits per heavy atom. The van der Waals surface area contributed by atoms with E-state index < -0.39 is 45.5 Å². The molecule has 102 heavy (non-hydrogen) atoms. The monoisotopic (exact) mass is 1560 g/mol. The first-order chi connectivity index (χ1) is 50.2. The van der Waals surface area contributed by atoms with Crippen LogP contribution in [0.1, 0.15) is 427 Å². The summed E-state index contributed by atoms with van der Waals surface area (Å²) in [5.41, 5.74) is 0. The van der Waals surface area contributed by atoms with Crippen molar-refractivity contribution in [2.45, 2.75) is 427 Å². The number of unbranched alkanes of at least 4 members (excludes halogenated alkanes) is 42. The van der Waals surface area contributed by atoms with Gasteiger partial charge >= 0.3 is 0 Å². The van der Waals surface area contributed by atoms with Crippen LogP contribution in [0.2, 0.25) is 0 Å². The SMILES string of the molecule is CCCCCCCCCCOP12=NP3(OCCCCCCCCCC)=NP(OCCCCCCCCCC)(=N1)NCCCCCCNP1(OCCCCCCCCCC)=NP(OCCCCCCCCCC)(=NP(OCCCCCCCCCC)(=N1)NCCCCCCN3)NCCCCCCN2. The Bertz CT molecular complexity index is 1910. The van der Waals surface area contributed by atoms with E-state index in [0.717, 1.165) is 193 Å². The summed E-state index contributed by atoms with van der Waals surface area (Å²) in [6.45, 7) is 21.8. The van der Waals surface area contributed by atoms with Crippen LogP contribution in [0.5, 0.6) is 0 Å².